The number of hydrogen-bond acceptors (Lipinski definition) is 3. The molecule has 20 heavy (non-hydrogen) atoms. The molecule has 1 unspecified atom stereocenters. The molecule has 0 fully saturated rings. The van der Waals surface area contributed by atoms with Gasteiger partial charge in [0.1, 0.15) is 13.2 Å². The standard InChI is InChI=1S/C17H19NO2/c1-12-5-3-4-6-14(12)17(18-2)13-7-8-15-16(11-13)20-10-9-19-15/h3-8,11,17-18H,9-10H2,1-2H3. The minimum atomic E-state index is 0.159. The Morgan fingerprint density at radius 1 is 1.00 bits per heavy atom. The molecule has 104 valence electrons. The molecule has 3 heteroatoms. The predicted molar refractivity (Wildman–Crippen MR) is 79.5 cm³/mol. The number of aryl methyl sites for hydroxylation is 1. The molecular weight excluding hydrogens is 250 g/mol. The molecule has 3 rings (SSSR count). The van der Waals surface area contributed by atoms with E-state index in [-0.39, 0.29) is 6.04 Å². The molecule has 0 bridgehead atoms. The van der Waals surface area contributed by atoms with Crippen molar-refractivity contribution >= 4 is 0 Å². The number of nitrogens with one attached hydrogen (secondary N) is 1. The Bertz CT molecular complexity index is 610. The molecule has 0 radical (unpaired) electrons. The number of fused-ring (bicyclic) bond motifs is 1. The second-order valence-electron chi connectivity index (χ2n) is 4.98. The van der Waals surface area contributed by atoms with Gasteiger partial charge in [0, 0.05) is 0 Å². The lowest BCUT2D eigenvalue weighted by molar-refractivity contribution is 0.171. The van der Waals surface area contributed by atoms with E-state index in [1.165, 1.54) is 16.7 Å². The third-order valence-electron chi connectivity index (χ3n) is 3.69. The van der Waals surface area contributed by atoms with Crippen LogP contribution in [0.2, 0.25) is 0 Å². The molecule has 0 amide bonds. The first-order chi connectivity index (χ1) is 9.79. The summed E-state index contributed by atoms with van der Waals surface area (Å²) >= 11 is 0. The largest absolute Gasteiger partial charge is 0.486 e. The van der Waals surface area contributed by atoms with E-state index in [2.05, 4.69) is 48.6 Å². The highest BCUT2D eigenvalue weighted by Crippen LogP contribution is 2.34. The first-order valence-corrected chi connectivity index (χ1v) is 6.92. The van der Waals surface area contributed by atoms with E-state index >= 15 is 0 Å². The minimum Gasteiger partial charge on any atom is -0.486 e. The van der Waals surface area contributed by atoms with Gasteiger partial charge < -0.3 is 14.8 Å². The van der Waals surface area contributed by atoms with Crippen molar-refractivity contribution in [3.63, 3.8) is 0 Å². The van der Waals surface area contributed by atoms with E-state index < -0.39 is 0 Å². The van der Waals surface area contributed by atoms with Crippen molar-refractivity contribution in [2.45, 2.75) is 13.0 Å². The Hall–Kier alpha value is -2.00. The maximum Gasteiger partial charge on any atom is 0.161 e. The van der Waals surface area contributed by atoms with Crippen LogP contribution in [0.5, 0.6) is 11.5 Å². The molecular formula is C17H19NO2. The summed E-state index contributed by atoms with van der Waals surface area (Å²) in [6, 6.07) is 14.8. The highest BCUT2D eigenvalue weighted by molar-refractivity contribution is 5.47. The van der Waals surface area contributed by atoms with Crippen LogP contribution >= 0.6 is 0 Å². The van der Waals surface area contributed by atoms with E-state index in [0.29, 0.717) is 13.2 Å². The molecule has 2 aromatic carbocycles. The van der Waals surface area contributed by atoms with Crippen molar-refractivity contribution in [2.75, 3.05) is 20.3 Å². The van der Waals surface area contributed by atoms with Crippen molar-refractivity contribution in [3.8, 4) is 11.5 Å². The molecule has 2 aromatic rings. The second-order valence-corrected chi connectivity index (χ2v) is 4.98. The van der Waals surface area contributed by atoms with Crippen LogP contribution in [0.25, 0.3) is 0 Å². The number of hydrogen-bond donors (Lipinski definition) is 1. The average molecular weight is 269 g/mol. The lowest BCUT2D eigenvalue weighted by Crippen LogP contribution is -2.20. The van der Waals surface area contributed by atoms with Gasteiger partial charge in [0.05, 0.1) is 6.04 Å². The van der Waals surface area contributed by atoms with Gasteiger partial charge in [-0.2, -0.15) is 0 Å². The highest BCUT2D eigenvalue weighted by Gasteiger charge is 2.18. The van der Waals surface area contributed by atoms with Crippen LogP contribution in [0.3, 0.4) is 0 Å². The van der Waals surface area contributed by atoms with Crippen LogP contribution in [-0.2, 0) is 0 Å². The average Bonchev–Trinajstić information content (AvgIpc) is 2.50. The molecule has 1 heterocycles. The third-order valence-corrected chi connectivity index (χ3v) is 3.69. The topological polar surface area (TPSA) is 30.5 Å². The zero-order valence-electron chi connectivity index (χ0n) is 11.8. The van der Waals surface area contributed by atoms with Crippen LogP contribution < -0.4 is 14.8 Å². The normalized spacial score (nSPS) is 14.9. The Morgan fingerprint density at radius 2 is 1.75 bits per heavy atom. The fourth-order valence-electron chi connectivity index (χ4n) is 2.65. The summed E-state index contributed by atoms with van der Waals surface area (Å²) in [4.78, 5) is 0. The molecule has 0 spiro atoms. The summed E-state index contributed by atoms with van der Waals surface area (Å²) < 4.78 is 11.2. The third kappa shape index (κ3) is 2.37. The zero-order valence-corrected chi connectivity index (χ0v) is 11.8. The summed E-state index contributed by atoms with van der Waals surface area (Å²) in [5.74, 6) is 1.67. The van der Waals surface area contributed by atoms with Crippen molar-refractivity contribution in [1.29, 1.82) is 0 Å². The summed E-state index contributed by atoms with van der Waals surface area (Å²) in [6.07, 6.45) is 0. The molecule has 1 N–H and O–H groups in total. The lowest BCUT2D eigenvalue weighted by Gasteiger charge is -2.23. The van der Waals surface area contributed by atoms with Gasteiger partial charge in [0.2, 0.25) is 0 Å². The predicted octanol–water partition coefficient (Wildman–Crippen LogP) is 3.08. The molecule has 0 aromatic heterocycles. The van der Waals surface area contributed by atoms with Gasteiger partial charge in [-0.1, -0.05) is 30.3 Å². The van der Waals surface area contributed by atoms with Gasteiger partial charge in [-0.3, -0.25) is 0 Å². The SMILES string of the molecule is CNC(c1ccc2c(c1)OCCO2)c1ccccc1C. The molecule has 1 aliphatic rings. The number of ether oxygens (including phenoxy) is 2. The fraction of sp³-hybridized carbons (Fsp3) is 0.294. The van der Waals surface area contributed by atoms with E-state index in [1.54, 1.807) is 0 Å². The summed E-state index contributed by atoms with van der Waals surface area (Å²) in [6.45, 7) is 3.38. The van der Waals surface area contributed by atoms with Crippen LogP contribution in [-0.4, -0.2) is 20.3 Å². The van der Waals surface area contributed by atoms with E-state index in [0.717, 1.165) is 11.5 Å². The Labute approximate surface area is 119 Å². The van der Waals surface area contributed by atoms with Crippen molar-refractivity contribution in [2.24, 2.45) is 0 Å². The summed E-state index contributed by atoms with van der Waals surface area (Å²) in [5, 5.41) is 3.39. The first kappa shape index (κ1) is 13.0. The maximum absolute atomic E-state index is 5.67. The first-order valence-electron chi connectivity index (χ1n) is 6.92. The zero-order chi connectivity index (χ0) is 13.9. The summed E-state index contributed by atoms with van der Waals surface area (Å²) in [7, 11) is 1.98. The van der Waals surface area contributed by atoms with Crippen LogP contribution in [0.4, 0.5) is 0 Å². The van der Waals surface area contributed by atoms with Crippen molar-refractivity contribution in [1.82, 2.24) is 5.32 Å². The van der Waals surface area contributed by atoms with E-state index in [9.17, 15) is 0 Å². The van der Waals surface area contributed by atoms with Gasteiger partial charge in [0.25, 0.3) is 0 Å². The molecule has 0 saturated carbocycles. The van der Waals surface area contributed by atoms with E-state index in [1.807, 2.05) is 13.1 Å². The quantitative estimate of drug-likeness (QED) is 0.929. The van der Waals surface area contributed by atoms with Gasteiger partial charge in [-0.15, -0.1) is 0 Å². The molecule has 0 saturated heterocycles. The van der Waals surface area contributed by atoms with Crippen LogP contribution in [0.15, 0.2) is 42.5 Å². The van der Waals surface area contributed by atoms with Gasteiger partial charge in [-0.05, 0) is 42.8 Å². The molecule has 0 aliphatic carbocycles. The smallest absolute Gasteiger partial charge is 0.161 e. The Balaban J connectivity index is 1.99. The van der Waals surface area contributed by atoms with Crippen molar-refractivity contribution < 1.29 is 9.47 Å². The van der Waals surface area contributed by atoms with Gasteiger partial charge in [0.15, 0.2) is 11.5 Å². The Morgan fingerprint density at radius 3 is 2.50 bits per heavy atom. The lowest BCUT2D eigenvalue weighted by atomic mass is 9.95. The fourth-order valence-corrected chi connectivity index (χ4v) is 2.65. The number of rotatable bonds is 3. The van der Waals surface area contributed by atoms with Gasteiger partial charge in [-0.25, -0.2) is 0 Å². The monoisotopic (exact) mass is 269 g/mol. The summed E-state index contributed by atoms with van der Waals surface area (Å²) in [5.41, 5.74) is 3.75. The number of benzene rings is 2. The van der Waals surface area contributed by atoms with Crippen LogP contribution in [0.1, 0.15) is 22.7 Å². The highest BCUT2D eigenvalue weighted by atomic mass is 16.6. The second kappa shape index (κ2) is 5.55. The molecule has 3 nitrogen and oxygen atoms in total. The van der Waals surface area contributed by atoms with Crippen LogP contribution in [0, 0.1) is 6.92 Å². The Kier molecular flexibility index (Phi) is 3.61. The maximum atomic E-state index is 5.67. The molecule has 1 atom stereocenters. The minimum absolute atomic E-state index is 0.159. The van der Waals surface area contributed by atoms with Crippen molar-refractivity contribution in [3.05, 3.63) is 59.2 Å². The van der Waals surface area contributed by atoms with Gasteiger partial charge >= 0.3 is 0 Å². The molecule has 1 aliphatic heterocycles. The van der Waals surface area contributed by atoms with E-state index in [4.69, 9.17) is 9.47 Å².